The van der Waals surface area contributed by atoms with Gasteiger partial charge in [0, 0.05) is 26.0 Å². The quantitative estimate of drug-likeness (QED) is 0.693. The third-order valence-corrected chi connectivity index (χ3v) is 3.79. The van der Waals surface area contributed by atoms with Crippen molar-refractivity contribution in [2.75, 3.05) is 38.3 Å². The van der Waals surface area contributed by atoms with Crippen molar-refractivity contribution in [1.82, 2.24) is 4.90 Å². The summed E-state index contributed by atoms with van der Waals surface area (Å²) >= 11 is 1.67. The molecule has 1 amide bonds. The van der Waals surface area contributed by atoms with E-state index in [4.69, 9.17) is 4.74 Å². The van der Waals surface area contributed by atoms with Crippen LogP contribution in [0.25, 0.3) is 0 Å². The Balaban J connectivity index is 2.24. The minimum atomic E-state index is 0.291. The van der Waals surface area contributed by atoms with E-state index in [1.54, 1.807) is 18.9 Å². The predicted octanol–water partition coefficient (Wildman–Crippen LogP) is 1.87. The number of ether oxygens (including phenoxy) is 1. The summed E-state index contributed by atoms with van der Waals surface area (Å²) in [6.45, 7) is 7.06. The lowest BCUT2D eigenvalue weighted by Gasteiger charge is -2.35. The monoisotopic (exact) mass is 245 g/mol. The number of amides is 1. The molecular formula is C12H23NO2S. The molecule has 1 aliphatic heterocycles. The fourth-order valence-corrected chi connectivity index (χ4v) is 3.05. The van der Waals surface area contributed by atoms with Crippen molar-refractivity contribution in [3.63, 3.8) is 0 Å². The molecule has 1 fully saturated rings. The van der Waals surface area contributed by atoms with E-state index in [2.05, 4.69) is 13.8 Å². The van der Waals surface area contributed by atoms with Crippen LogP contribution < -0.4 is 0 Å². The van der Waals surface area contributed by atoms with Crippen LogP contribution in [0.15, 0.2) is 0 Å². The van der Waals surface area contributed by atoms with Crippen LogP contribution in [0.5, 0.6) is 0 Å². The van der Waals surface area contributed by atoms with Crippen molar-refractivity contribution < 1.29 is 9.53 Å². The highest BCUT2D eigenvalue weighted by atomic mass is 32.2. The van der Waals surface area contributed by atoms with Crippen molar-refractivity contribution in [3.05, 3.63) is 0 Å². The number of carbonyl (C=O) groups excluding carboxylic acids is 1. The van der Waals surface area contributed by atoms with Gasteiger partial charge < -0.3 is 9.64 Å². The first-order valence-electron chi connectivity index (χ1n) is 5.98. The van der Waals surface area contributed by atoms with Crippen molar-refractivity contribution in [3.8, 4) is 0 Å². The van der Waals surface area contributed by atoms with Crippen LogP contribution in [-0.2, 0) is 9.53 Å². The number of nitrogens with zero attached hydrogens (tertiary/aromatic N) is 1. The van der Waals surface area contributed by atoms with E-state index in [9.17, 15) is 4.79 Å². The van der Waals surface area contributed by atoms with Gasteiger partial charge >= 0.3 is 0 Å². The molecule has 0 N–H and O–H groups in total. The Morgan fingerprint density at radius 1 is 1.38 bits per heavy atom. The van der Waals surface area contributed by atoms with Crippen molar-refractivity contribution in [1.29, 1.82) is 0 Å². The lowest BCUT2D eigenvalue weighted by molar-refractivity contribution is -0.130. The van der Waals surface area contributed by atoms with E-state index in [-0.39, 0.29) is 0 Å². The summed E-state index contributed by atoms with van der Waals surface area (Å²) < 4.78 is 4.96. The maximum atomic E-state index is 11.9. The summed E-state index contributed by atoms with van der Waals surface area (Å²) in [6.07, 6.45) is 1.25. The molecule has 0 unspecified atom stereocenters. The first kappa shape index (κ1) is 13.8. The zero-order valence-corrected chi connectivity index (χ0v) is 11.4. The Bertz CT molecular complexity index is 213. The molecule has 0 aliphatic carbocycles. The number of carbonyl (C=O) groups is 1. The van der Waals surface area contributed by atoms with E-state index in [0.717, 1.165) is 25.4 Å². The van der Waals surface area contributed by atoms with E-state index in [1.807, 2.05) is 4.90 Å². The van der Waals surface area contributed by atoms with Gasteiger partial charge in [0.2, 0.25) is 5.91 Å². The standard InChI is InChI=1S/C12H23NO2S/c1-10-6-11(2)8-13(7-10)12(14)9-16-5-4-15-3/h10-11H,4-9H2,1-3H3/t10-,11-/m1/s1. The van der Waals surface area contributed by atoms with Gasteiger partial charge in [0.15, 0.2) is 0 Å². The van der Waals surface area contributed by atoms with E-state index >= 15 is 0 Å². The first-order chi connectivity index (χ1) is 7.63. The van der Waals surface area contributed by atoms with Crippen molar-refractivity contribution in [2.24, 2.45) is 11.8 Å². The Hall–Kier alpha value is -0.220. The van der Waals surface area contributed by atoms with Gasteiger partial charge in [-0.3, -0.25) is 4.79 Å². The zero-order valence-electron chi connectivity index (χ0n) is 10.6. The van der Waals surface area contributed by atoms with Gasteiger partial charge in [-0.1, -0.05) is 13.8 Å². The summed E-state index contributed by atoms with van der Waals surface area (Å²) in [5, 5.41) is 0. The average Bonchev–Trinajstić information content (AvgIpc) is 2.22. The van der Waals surface area contributed by atoms with Crippen LogP contribution in [0, 0.1) is 11.8 Å². The van der Waals surface area contributed by atoms with Crippen LogP contribution in [-0.4, -0.2) is 49.1 Å². The predicted molar refractivity (Wildman–Crippen MR) is 68.7 cm³/mol. The molecule has 1 aliphatic rings. The number of thioether (sulfide) groups is 1. The van der Waals surface area contributed by atoms with Crippen LogP contribution in [0.1, 0.15) is 20.3 Å². The normalized spacial score (nSPS) is 25.8. The highest BCUT2D eigenvalue weighted by molar-refractivity contribution is 7.99. The average molecular weight is 245 g/mol. The number of methoxy groups -OCH3 is 1. The lowest BCUT2D eigenvalue weighted by atomic mass is 9.92. The van der Waals surface area contributed by atoms with E-state index < -0.39 is 0 Å². The molecule has 16 heavy (non-hydrogen) atoms. The van der Waals surface area contributed by atoms with Gasteiger partial charge in [0.05, 0.1) is 12.4 Å². The summed E-state index contributed by atoms with van der Waals surface area (Å²) in [4.78, 5) is 13.9. The van der Waals surface area contributed by atoms with E-state index in [0.29, 0.717) is 23.5 Å². The highest BCUT2D eigenvalue weighted by Gasteiger charge is 2.24. The Kier molecular flexibility index (Phi) is 6.21. The molecular weight excluding hydrogens is 222 g/mol. The number of hydrogen-bond donors (Lipinski definition) is 0. The van der Waals surface area contributed by atoms with Crippen molar-refractivity contribution >= 4 is 17.7 Å². The van der Waals surface area contributed by atoms with Gasteiger partial charge in [-0.05, 0) is 18.3 Å². The second-order valence-electron chi connectivity index (χ2n) is 4.79. The van der Waals surface area contributed by atoms with E-state index in [1.165, 1.54) is 6.42 Å². The molecule has 1 rings (SSSR count). The van der Waals surface area contributed by atoms with Gasteiger partial charge in [-0.15, -0.1) is 11.8 Å². The lowest BCUT2D eigenvalue weighted by Crippen LogP contribution is -2.43. The number of likely N-dealkylation sites (tertiary alicyclic amines) is 1. The van der Waals surface area contributed by atoms with Gasteiger partial charge in [-0.25, -0.2) is 0 Å². The minimum absolute atomic E-state index is 0.291. The number of hydrogen-bond acceptors (Lipinski definition) is 3. The van der Waals surface area contributed by atoms with Crippen LogP contribution >= 0.6 is 11.8 Å². The molecule has 0 aromatic carbocycles. The molecule has 4 heteroatoms. The zero-order chi connectivity index (χ0) is 12.0. The number of rotatable bonds is 5. The molecule has 2 atom stereocenters. The SMILES string of the molecule is COCCSCC(=O)N1C[C@H](C)C[C@@H](C)C1. The molecule has 1 heterocycles. The topological polar surface area (TPSA) is 29.5 Å². The molecule has 0 spiro atoms. The van der Waals surface area contributed by atoms with Crippen LogP contribution in [0.3, 0.4) is 0 Å². The largest absolute Gasteiger partial charge is 0.384 e. The molecule has 94 valence electrons. The molecule has 0 aromatic rings. The van der Waals surface area contributed by atoms with Crippen LogP contribution in [0.2, 0.25) is 0 Å². The van der Waals surface area contributed by atoms with Gasteiger partial charge in [0.25, 0.3) is 0 Å². The summed E-state index contributed by atoms with van der Waals surface area (Å²) in [5.74, 6) is 3.09. The van der Waals surface area contributed by atoms with Gasteiger partial charge in [0.1, 0.15) is 0 Å². The molecule has 1 saturated heterocycles. The molecule has 3 nitrogen and oxygen atoms in total. The maximum absolute atomic E-state index is 11.9. The molecule has 0 saturated carbocycles. The molecule has 0 bridgehead atoms. The molecule has 0 radical (unpaired) electrons. The highest BCUT2D eigenvalue weighted by Crippen LogP contribution is 2.21. The second kappa shape index (κ2) is 7.17. The minimum Gasteiger partial charge on any atom is -0.384 e. The Morgan fingerprint density at radius 3 is 2.56 bits per heavy atom. The first-order valence-corrected chi connectivity index (χ1v) is 7.13. The van der Waals surface area contributed by atoms with Gasteiger partial charge in [-0.2, -0.15) is 0 Å². The third-order valence-electron chi connectivity index (χ3n) is 2.88. The Labute approximate surface area is 103 Å². The van der Waals surface area contributed by atoms with Crippen molar-refractivity contribution in [2.45, 2.75) is 20.3 Å². The third kappa shape index (κ3) is 4.74. The second-order valence-corrected chi connectivity index (χ2v) is 5.90. The number of piperidine rings is 1. The summed E-state index contributed by atoms with van der Waals surface area (Å²) in [6, 6.07) is 0. The molecule has 0 aromatic heterocycles. The summed E-state index contributed by atoms with van der Waals surface area (Å²) in [5.41, 5.74) is 0. The fourth-order valence-electron chi connectivity index (χ4n) is 2.26. The maximum Gasteiger partial charge on any atom is 0.232 e. The fraction of sp³-hybridized carbons (Fsp3) is 0.917. The Morgan fingerprint density at radius 2 is 2.00 bits per heavy atom. The smallest absolute Gasteiger partial charge is 0.232 e. The van der Waals surface area contributed by atoms with Crippen LogP contribution in [0.4, 0.5) is 0 Å². The summed E-state index contributed by atoms with van der Waals surface area (Å²) in [7, 11) is 1.69.